The number of rotatable bonds is 6. The SMILES string of the molecule is COC(=O)c1nc2n(CC(=O)N3CCC(C)CC3)ccn2c(=O)c1OCc1ccccc1. The van der Waals surface area contributed by atoms with E-state index in [-0.39, 0.29) is 36.3 Å². The van der Waals surface area contributed by atoms with E-state index >= 15 is 0 Å². The van der Waals surface area contributed by atoms with E-state index in [9.17, 15) is 14.4 Å². The second-order valence-corrected chi connectivity index (χ2v) is 8.02. The summed E-state index contributed by atoms with van der Waals surface area (Å²) in [6.45, 7) is 3.75. The lowest BCUT2D eigenvalue weighted by atomic mass is 9.99. The fraction of sp³-hybridized carbons (Fsp3) is 0.391. The summed E-state index contributed by atoms with van der Waals surface area (Å²) < 4.78 is 13.4. The highest BCUT2D eigenvalue weighted by Gasteiger charge is 2.25. The smallest absolute Gasteiger partial charge is 0.360 e. The Morgan fingerprint density at radius 1 is 1.12 bits per heavy atom. The molecule has 4 rings (SSSR count). The molecule has 0 unspecified atom stereocenters. The normalized spacial score (nSPS) is 14.5. The number of likely N-dealkylation sites (tertiary alicyclic amines) is 1. The van der Waals surface area contributed by atoms with Gasteiger partial charge >= 0.3 is 11.5 Å². The summed E-state index contributed by atoms with van der Waals surface area (Å²) in [6.07, 6.45) is 5.08. The second kappa shape index (κ2) is 9.25. The molecule has 0 radical (unpaired) electrons. The van der Waals surface area contributed by atoms with Gasteiger partial charge in [0.05, 0.1) is 7.11 Å². The molecule has 9 heteroatoms. The van der Waals surface area contributed by atoms with Gasteiger partial charge in [0.1, 0.15) is 13.2 Å². The molecule has 32 heavy (non-hydrogen) atoms. The van der Waals surface area contributed by atoms with Crippen molar-refractivity contribution in [1.29, 1.82) is 0 Å². The highest BCUT2D eigenvalue weighted by molar-refractivity contribution is 5.90. The number of carbonyl (C=O) groups is 2. The number of piperidine rings is 1. The first-order valence-corrected chi connectivity index (χ1v) is 10.6. The average Bonchev–Trinajstić information content (AvgIpc) is 3.21. The van der Waals surface area contributed by atoms with Crippen LogP contribution in [0.25, 0.3) is 5.78 Å². The van der Waals surface area contributed by atoms with Crippen LogP contribution in [0.1, 0.15) is 35.8 Å². The fourth-order valence-corrected chi connectivity index (χ4v) is 3.78. The Morgan fingerprint density at radius 2 is 1.84 bits per heavy atom. The molecule has 0 aliphatic carbocycles. The summed E-state index contributed by atoms with van der Waals surface area (Å²) in [6, 6.07) is 9.29. The third-order valence-electron chi connectivity index (χ3n) is 5.75. The average molecular weight is 438 g/mol. The number of aromatic nitrogens is 3. The molecule has 3 aromatic rings. The highest BCUT2D eigenvalue weighted by atomic mass is 16.5. The second-order valence-electron chi connectivity index (χ2n) is 8.02. The molecule has 0 bridgehead atoms. The standard InChI is InChI=1S/C23H26N4O5/c1-16-8-10-25(11-9-16)18(28)14-26-12-13-27-21(29)20(19(22(30)31-2)24-23(26)27)32-15-17-6-4-3-5-7-17/h3-7,12-13,16H,8-11,14-15H2,1-2H3. The predicted molar refractivity (Wildman–Crippen MR) is 117 cm³/mol. The van der Waals surface area contributed by atoms with Crippen LogP contribution < -0.4 is 10.3 Å². The van der Waals surface area contributed by atoms with Crippen LogP contribution in [0, 0.1) is 5.92 Å². The first-order chi connectivity index (χ1) is 15.5. The maximum atomic E-state index is 13.1. The Labute approximate surface area is 185 Å². The van der Waals surface area contributed by atoms with E-state index in [2.05, 4.69) is 11.9 Å². The van der Waals surface area contributed by atoms with Crippen molar-refractivity contribution < 1.29 is 19.1 Å². The molecule has 1 aliphatic heterocycles. The molecule has 168 valence electrons. The number of carbonyl (C=O) groups excluding carboxylic acids is 2. The third kappa shape index (κ3) is 4.37. The van der Waals surface area contributed by atoms with Crippen molar-refractivity contribution in [3.63, 3.8) is 0 Å². The van der Waals surface area contributed by atoms with Crippen molar-refractivity contribution in [2.75, 3.05) is 20.2 Å². The Hall–Kier alpha value is -3.62. The number of imidazole rings is 1. The highest BCUT2D eigenvalue weighted by Crippen LogP contribution is 2.18. The number of esters is 1. The number of fused-ring (bicyclic) bond motifs is 1. The van der Waals surface area contributed by atoms with Crippen molar-refractivity contribution in [1.82, 2.24) is 18.9 Å². The van der Waals surface area contributed by atoms with Gasteiger partial charge in [-0.1, -0.05) is 37.3 Å². The van der Waals surface area contributed by atoms with E-state index in [4.69, 9.17) is 9.47 Å². The number of hydrogen-bond acceptors (Lipinski definition) is 6. The van der Waals surface area contributed by atoms with E-state index in [0.717, 1.165) is 31.5 Å². The van der Waals surface area contributed by atoms with Crippen LogP contribution in [-0.2, 0) is 22.7 Å². The number of benzene rings is 1. The molecule has 3 heterocycles. The van der Waals surface area contributed by atoms with Gasteiger partial charge in [0.2, 0.25) is 17.4 Å². The lowest BCUT2D eigenvalue weighted by Gasteiger charge is -2.30. The van der Waals surface area contributed by atoms with E-state index in [0.29, 0.717) is 5.92 Å². The van der Waals surface area contributed by atoms with Crippen molar-refractivity contribution in [2.45, 2.75) is 32.9 Å². The first-order valence-electron chi connectivity index (χ1n) is 10.6. The van der Waals surface area contributed by atoms with E-state index < -0.39 is 11.5 Å². The largest absolute Gasteiger partial charge is 0.481 e. The molecule has 1 amide bonds. The summed E-state index contributed by atoms with van der Waals surface area (Å²) in [4.78, 5) is 44.4. The summed E-state index contributed by atoms with van der Waals surface area (Å²) in [5.41, 5.74) is 0.0868. The molecular weight excluding hydrogens is 412 g/mol. The molecule has 1 saturated heterocycles. The van der Waals surface area contributed by atoms with Crippen LogP contribution in [0.5, 0.6) is 5.75 Å². The van der Waals surface area contributed by atoms with Crippen molar-refractivity contribution >= 4 is 17.7 Å². The molecular formula is C23H26N4O5. The summed E-state index contributed by atoms with van der Waals surface area (Å²) in [5, 5.41) is 0. The molecule has 0 atom stereocenters. The Bertz CT molecular complexity index is 1180. The van der Waals surface area contributed by atoms with Crippen molar-refractivity contribution in [3.05, 3.63) is 64.3 Å². The zero-order valence-electron chi connectivity index (χ0n) is 18.2. The molecule has 2 aromatic heterocycles. The number of methoxy groups -OCH3 is 1. The lowest BCUT2D eigenvalue weighted by molar-refractivity contribution is -0.133. The molecule has 1 aromatic carbocycles. The zero-order valence-corrected chi connectivity index (χ0v) is 18.2. The topological polar surface area (TPSA) is 95.1 Å². The summed E-state index contributed by atoms with van der Waals surface area (Å²) in [7, 11) is 1.22. The van der Waals surface area contributed by atoms with Crippen LogP contribution in [0.3, 0.4) is 0 Å². The van der Waals surface area contributed by atoms with Gasteiger partial charge < -0.3 is 18.9 Å². The minimum Gasteiger partial charge on any atom is -0.481 e. The van der Waals surface area contributed by atoms with Gasteiger partial charge in [-0.25, -0.2) is 14.2 Å². The lowest BCUT2D eigenvalue weighted by Crippen LogP contribution is -2.39. The van der Waals surface area contributed by atoms with E-state index in [1.54, 1.807) is 10.8 Å². The van der Waals surface area contributed by atoms with Crippen molar-refractivity contribution in [2.24, 2.45) is 5.92 Å². The van der Waals surface area contributed by atoms with Gasteiger partial charge in [0.25, 0.3) is 0 Å². The van der Waals surface area contributed by atoms with Crippen LogP contribution in [0.4, 0.5) is 0 Å². The van der Waals surface area contributed by atoms with Gasteiger partial charge in [-0.15, -0.1) is 0 Å². The molecule has 1 fully saturated rings. The monoisotopic (exact) mass is 438 g/mol. The number of nitrogens with zero attached hydrogens (tertiary/aromatic N) is 4. The summed E-state index contributed by atoms with van der Waals surface area (Å²) in [5.74, 6) is -0.220. The van der Waals surface area contributed by atoms with Gasteiger partial charge in [0.15, 0.2) is 5.69 Å². The van der Waals surface area contributed by atoms with Gasteiger partial charge in [0, 0.05) is 25.5 Å². The van der Waals surface area contributed by atoms with Crippen LogP contribution in [0.15, 0.2) is 47.5 Å². The number of amides is 1. The van der Waals surface area contributed by atoms with Crippen LogP contribution >= 0.6 is 0 Å². The Kier molecular flexibility index (Phi) is 6.25. The van der Waals surface area contributed by atoms with Crippen LogP contribution in [0.2, 0.25) is 0 Å². The predicted octanol–water partition coefficient (Wildman–Crippen LogP) is 2.12. The Morgan fingerprint density at radius 3 is 2.53 bits per heavy atom. The Balaban J connectivity index is 1.64. The van der Waals surface area contributed by atoms with Gasteiger partial charge in [-0.2, -0.15) is 0 Å². The van der Waals surface area contributed by atoms with Crippen LogP contribution in [-0.4, -0.2) is 50.9 Å². The zero-order chi connectivity index (χ0) is 22.7. The third-order valence-corrected chi connectivity index (χ3v) is 5.75. The first kappa shape index (κ1) is 21.6. The van der Waals surface area contributed by atoms with E-state index in [1.807, 2.05) is 35.2 Å². The number of ether oxygens (including phenoxy) is 2. The molecule has 9 nitrogen and oxygen atoms in total. The summed E-state index contributed by atoms with van der Waals surface area (Å²) >= 11 is 0. The van der Waals surface area contributed by atoms with E-state index in [1.165, 1.54) is 17.7 Å². The van der Waals surface area contributed by atoms with Crippen molar-refractivity contribution in [3.8, 4) is 5.75 Å². The fourth-order valence-electron chi connectivity index (χ4n) is 3.78. The minimum absolute atomic E-state index is 0.0299. The van der Waals surface area contributed by atoms with Gasteiger partial charge in [-0.3, -0.25) is 9.59 Å². The maximum Gasteiger partial charge on any atom is 0.360 e. The molecule has 0 saturated carbocycles. The molecule has 0 spiro atoms. The molecule has 0 N–H and O–H groups in total. The minimum atomic E-state index is -0.781. The van der Waals surface area contributed by atoms with Gasteiger partial charge in [-0.05, 0) is 24.3 Å². The quantitative estimate of drug-likeness (QED) is 0.547. The maximum absolute atomic E-state index is 13.1. The number of hydrogen-bond donors (Lipinski definition) is 0. The molecule has 1 aliphatic rings.